The molecule has 3 rings (SSSR count). The Labute approximate surface area is 186 Å². The minimum atomic E-state index is -1.14. The Hall–Kier alpha value is -2.95. The van der Waals surface area contributed by atoms with Crippen LogP contribution in [0.3, 0.4) is 0 Å². The monoisotopic (exact) mass is 448 g/mol. The van der Waals surface area contributed by atoms with Gasteiger partial charge in [-0.1, -0.05) is 13.8 Å². The summed E-state index contributed by atoms with van der Waals surface area (Å²) in [5, 5.41) is 17.9. The predicted molar refractivity (Wildman–Crippen MR) is 114 cm³/mol. The first-order valence-corrected chi connectivity index (χ1v) is 11.1. The van der Waals surface area contributed by atoms with E-state index in [-0.39, 0.29) is 24.3 Å². The lowest BCUT2D eigenvalue weighted by Crippen LogP contribution is -2.57. The molecule has 32 heavy (non-hydrogen) atoms. The third kappa shape index (κ3) is 5.64. The fourth-order valence-electron chi connectivity index (χ4n) is 4.26. The van der Waals surface area contributed by atoms with Gasteiger partial charge in [-0.2, -0.15) is 0 Å². The Balaban J connectivity index is 1.71. The van der Waals surface area contributed by atoms with E-state index in [1.54, 1.807) is 24.9 Å². The van der Waals surface area contributed by atoms with Crippen LogP contribution < -0.4 is 16.0 Å². The second kappa shape index (κ2) is 10.6. The number of aromatic nitrogens is 2. The lowest BCUT2D eigenvalue weighted by molar-refractivity contribution is -0.144. The van der Waals surface area contributed by atoms with Crippen LogP contribution in [0.25, 0.3) is 0 Å². The van der Waals surface area contributed by atoms with Crippen molar-refractivity contribution in [2.75, 3.05) is 13.1 Å². The minimum Gasteiger partial charge on any atom is -0.480 e. The number of carboxylic acids is 1. The van der Waals surface area contributed by atoms with Gasteiger partial charge in [-0.15, -0.1) is 0 Å². The van der Waals surface area contributed by atoms with Gasteiger partial charge >= 0.3 is 5.97 Å². The van der Waals surface area contributed by atoms with Crippen LogP contribution in [-0.2, 0) is 25.6 Å². The summed E-state index contributed by atoms with van der Waals surface area (Å²) in [6, 6.07) is -3.01. The molecule has 11 nitrogen and oxygen atoms in total. The van der Waals surface area contributed by atoms with E-state index in [4.69, 9.17) is 0 Å². The second-order valence-corrected chi connectivity index (χ2v) is 8.75. The summed E-state index contributed by atoms with van der Waals surface area (Å²) in [6.07, 6.45) is 6.03. The molecule has 0 bridgehead atoms. The van der Waals surface area contributed by atoms with Crippen LogP contribution in [0, 0.1) is 5.92 Å². The summed E-state index contributed by atoms with van der Waals surface area (Å²) < 4.78 is 0. The molecule has 176 valence electrons. The van der Waals surface area contributed by atoms with Crippen LogP contribution in [-0.4, -0.2) is 80.9 Å². The molecule has 0 aromatic carbocycles. The average molecular weight is 449 g/mol. The molecule has 0 saturated carbocycles. The molecular weight excluding hydrogens is 416 g/mol. The summed E-state index contributed by atoms with van der Waals surface area (Å²) in [5.74, 6) is -2.56. The van der Waals surface area contributed by atoms with Gasteiger partial charge in [0.05, 0.1) is 12.4 Å². The van der Waals surface area contributed by atoms with Gasteiger partial charge < -0.3 is 30.9 Å². The molecule has 2 aliphatic heterocycles. The molecule has 5 N–H and O–H groups in total. The number of hydrogen-bond acceptors (Lipinski definition) is 6. The van der Waals surface area contributed by atoms with Crippen molar-refractivity contribution < 1.29 is 24.3 Å². The van der Waals surface area contributed by atoms with Crippen molar-refractivity contribution >= 4 is 23.7 Å². The van der Waals surface area contributed by atoms with Gasteiger partial charge in [-0.3, -0.25) is 14.4 Å². The Kier molecular flexibility index (Phi) is 7.84. The number of rotatable bonds is 9. The van der Waals surface area contributed by atoms with E-state index in [1.807, 2.05) is 0 Å². The smallest absolute Gasteiger partial charge is 0.326 e. The van der Waals surface area contributed by atoms with Gasteiger partial charge in [-0.05, 0) is 38.1 Å². The number of nitrogens with one attached hydrogen (secondary N) is 4. The van der Waals surface area contributed by atoms with E-state index >= 15 is 0 Å². The van der Waals surface area contributed by atoms with Gasteiger partial charge in [-0.25, -0.2) is 9.78 Å². The highest BCUT2D eigenvalue weighted by atomic mass is 16.4. The molecule has 4 unspecified atom stereocenters. The molecule has 4 atom stereocenters. The standard InChI is InChI=1S/C21H32N6O5/c1-12(2)17(21(31)32)26-18(28)15(9-13-10-22-11-24-13)25-19(29)16-6-4-8-27(16)20(30)14-5-3-7-23-14/h10-12,14-17,23H,3-9H2,1-2H3,(H,22,24)(H,25,29)(H,26,28)(H,31,32). The predicted octanol–water partition coefficient (Wildman–Crippen LogP) is -0.595. The molecule has 2 aliphatic rings. The van der Waals surface area contributed by atoms with Crippen molar-refractivity contribution in [1.82, 2.24) is 30.8 Å². The van der Waals surface area contributed by atoms with Gasteiger partial charge in [0.15, 0.2) is 0 Å². The van der Waals surface area contributed by atoms with Crippen LogP contribution >= 0.6 is 0 Å². The number of carboxylic acid groups (broad SMARTS) is 1. The van der Waals surface area contributed by atoms with Crippen LogP contribution in [0.2, 0.25) is 0 Å². The van der Waals surface area contributed by atoms with Gasteiger partial charge in [0.2, 0.25) is 17.7 Å². The fraction of sp³-hybridized carbons (Fsp3) is 0.667. The number of likely N-dealkylation sites (tertiary alicyclic amines) is 1. The maximum atomic E-state index is 13.1. The lowest BCUT2D eigenvalue weighted by Gasteiger charge is -2.29. The van der Waals surface area contributed by atoms with Gasteiger partial charge in [0, 0.05) is 24.9 Å². The number of aliphatic carboxylic acids is 1. The van der Waals surface area contributed by atoms with E-state index in [9.17, 15) is 24.3 Å². The second-order valence-electron chi connectivity index (χ2n) is 8.75. The number of hydrogen-bond donors (Lipinski definition) is 5. The first-order valence-electron chi connectivity index (χ1n) is 11.1. The number of carbonyl (C=O) groups is 4. The number of imidazole rings is 1. The summed E-state index contributed by atoms with van der Waals surface area (Å²) in [4.78, 5) is 58.9. The molecule has 3 amide bonds. The molecule has 3 heterocycles. The molecule has 0 radical (unpaired) electrons. The fourth-order valence-corrected chi connectivity index (χ4v) is 4.26. The molecule has 1 aromatic heterocycles. The summed E-state index contributed by atoms with van der Waals surface area (Å²) in [7, 11) is 0. The van der Waals surface area contributed by atoms with Crippen molar-refractivity contribution in [3.05, 3.63) is 18.2 Å². The highest BCUT2D eigenvalue weighted by Gasteiger charge is 2.39. The SMILES string of the molecule is CC(C)C(NC(=O)C(Cc1cnc[nH]1)NC(=O)C1CCCN1C(=O)C1CCCN1)C(=O)O. The number of aromatic amines is 1. The number of H-pyrrole nitrogens is 1. The quantitative estimate of drug-likeness (QED) is 0.338. The van der Waals surface area contributed by atoms with Gasteiger partial charge in [0.1, 0.15) is 18.1 Å². The van der Waals surface area contributed by atoms with Crippen molar-refractivity contribution in [3.63, 3.8) is 0 Å². The largest absolute Gasteiger partial charge is 0.480 e. The Morgan fingerprint density at radius 2 is 2.00 bits per heavy atom. The van der Waals surface area contributed by atoms with Crippen molar-refractivity contribution in [2.24, 2.45) is 5.92 Å². The van der Waals surface area contributed by atoms with Crippen LogP contribution in [0.5, 0.6) is 0 Å². The van der Waals surface area contributed by atoms with E-state index < -0.39 is 35.9 Å². The first-order chi connectivity index (χ1) is 15.3. The van der Waals surface area contributed by atoms with E-state index in [0.29, 0.717) is 25.1 Å². The number of carbonyl (C=O) groups excluding carboxylic acids is 3. The van der Waals surface area contributed by atoms with E-state index in [2.05, 4.69) is 25.9 Å². The molecule has 11 heteroatoms. The Bertz CT molecular complexity index is 821. The van der Waals surface area contributed by atoms with Crippen LogP contribution in [0.4, 0.5) is 0 Å². The van der Waals surface area contributed by atoms with Crippen LogP contribution in [0.15, 0.2) is 12.5 Å². The Morgan fingerprint density at radius 1 is 1.22 bits per heavy atom. The number of amides is 3. The van der Waals surface area contributed by atoms with E-state index in [0.717, 1.165) is 19.4 Å². The molecule has 2 saturated heterocycles. The summed E-state index contributed by atoms with van der Waals surface area (Å²) in [5.41, 5.74) is 0.622. The summed E-state index contributed by atoms with van der Waals surface area (Å²) in [6.45, 7) is 4.68. The minimum absolute atomic E-state index is 0.0829. The zero-order valence-corrected chi connectivity index (χ0v) is 18.5. The third-order valence-corrected chi connectivity index (χ3v) is 6.04. The van der Waals surface area contributed by atoms with Crippen molar-refractivity contribution in [2.45, 2.75) is 70.1 Å². The summed E-state index contributed by atoms with van der Waals surface area (Å²) >= 11 is 0. The molecule has 0 spiro atoms. The molecular formula is C21H32N6O5. The van der Waals surface area contributed by atoms with E-state index in [1.165, 1.54) is 6.33 Å². The van der Waals surface area contributed by atoms with Crippen molar-refractivity contribution in [1.29, 1.82) is 0 Å². The number of nitrogens with zero attached hydrogens (tertiary/aromatic N) is 2. The normalized spacial score (nSPS) is 22.5. The highest BCUT2D eigenvalue weighted by molar-refractivity contribution is 5.94. The molecule has 2 fully saturated rings. The topological polar surface area (TPSA) is 157 Å². The van der Waals surface area contributed by atoms with Gasteiger partial charge in [0.25, 0.3) is 0 Å². The zero-order chi connectivity index (χ0) is 23.3. The Morgan fingerprint density at radius 3 is 2.59 bits per heavy atom. The average Bonchev–Trinajstić information content (AvgIpc) is 3.52. The molecule has 1 aromatic rings. The van der Waals surface area contributed by atoms with Crippen LogP contribution in [0.1, 0.15) is 45.2 Å². The molecule has 0 aliphatic carbocycles. The maximum absolute atomic E-state index is 13.1. The zero-order valence-electron chi connectivity index (χ0n) is 18.5. The third-order valence-electron chi connectivity index (χ3n) is 6.04. The van der Waals surface area contributed by atoms with Crippen molar-refractivity contribution in [3.8, 4) is 0 Å². The highest BCUT2D eigenvalue weighted by Crippen LogP contribution is 2.21. The maximum Gasteiger partial charge on any atom is 0.326 e. The first kappa shape index (κ1) is 23.7. The lowest BCUT2D eigenvalue weighted by atomic mass is 10.0.